The van der Waals surface area contributed by atoms with Crippen molar-refractivity contribution in [3.63, 3.8) is 0 Å². The van der Waals surface area contributed by atoms with E-state index in [2.05, 4.69) is 10.3 Å². The molecular formula is C16H24Cl2N4O. The number of fused-ring (bicyclic) bond motifs is 1. The van der Waals surface area contributed by atoms with Crippen LogP contribution in [0.25, 0.3) is 10.9 Å². The zero-order valence-electron chi connectivity index (χ0n) is 13.4. The molecule has 3 N–H and O–H groups in total. The fraction of sp³-hybridized carbons (Fsp3) is 0.375. The standard InChI is InChI=1S/C16H22N4O.2ClH/c1-20(2)15-10-12(11-18-16(21)8-5-9-17)13-6-3-4-7-14(13)19-15;;/h3-4,6-7,10H,5,8-9,11,17H2,1-2H3,(H,18,21);2*1H. The van der Waals surface area contributed by atoms with E-state index in [-0.39, 0.29) is 30.7 Å². The molecule has 1 heterocycles. The van der Waals surface area contributed by atoms with Crippen molar-refractivity contribution in [2.45, 2.75) is 19.4 Å². The first kappa shape index (κ1) is 21.4. The van der Waals surface area contributed by atoms with Crippen LogP contribution >= 0.6 is 24.8 Å². The monoisotopic (exact) mass is 358 g/mol. The Morgan fingerprint density at radius 2 is 1.96 bits per heavy atom. The number of nitrogens with two attached hydrogens (primary N) is 1. The maximum absolute atomic E-state index is 11.7. The van der Waals surface area contributed by atoms with Crippen LogP contribution in [0.1, 0.15) is 18.4 Å². The minimum Gasteiger partial charge on any atom is -0.363 e. The van der Waals surface area contributed by atoms with Gasteiger partial charge < -0.3 is 16.0 Å². The van der Waals surface area contributed by atoms with E-state index in [1.165, 1.54) is 0 Å². The molecule has 0 atom stereocenters. The summed E-state index contributed by atoms with van der Waals surface area (Å²) in [7, 11) is 3.92. The SMILES string of the molecule is CN(C)c1cc(CNC(=O)CCCN)c2ccccc2n1.Cl.Cl. The number of aromatic nitrogens is 1. The average Bonchev–Trinajstić information content (AvgIpc) is 2.50. The highest BCUT2D eigenvalue weighted by atomic mass is 35.5. The number of para-hydroxylation sites is 1. The summed E-state index contributed by atoms with van der Waals surface area (Å²) in [4.78, 5) is 18.3. The van der Waals surface area contributed by atoms with Gasteiger partial charge in [0.15, 0.2) is 0 Å². The molecule has 0 saturated heterocycles. The van der Waals surface area contributed by atoms with Crippen LogP contribution in [0.2, 0.25) is 0 Å². The van der Waals surface area contributed by atoms with E-state index in [0.29, 0.717) is 25.9 Å². The molecule has 2 aromatic rings. The molecule has 0 bridgehead atoms. The summed E-state index contributed by atoms with van der Waals surface area (Å²) in [5, 5.41) is 4.02. The Hall–Kier alpha value is -1.56. The maximum Gasteiger partial charge on any atom is 0.220 e. The largest absolute Gasteiger partial charge is 0.363 e. The third kappa shape index (κ3) is 5.86. The third-order valence-corrected chi connectivity index (χ3v) is 3.33. The Balaban J connectivity index is 0.00000242. The van der Waals surface area contributed by atoms with Crippen LogP contribution in [0, 0.1) is 0 Å². The number of amides is 1. The van der Waals surface area contributed by atoms with Gasteiger partial charge in [-0.25, -0.2) is 4.98 Å². The maximum atomic E-state index is 11.7. The molecule has 0 fully saturated rings. The van der Waals surface area contributed by atoms with Gasteiger partial charge in [0.2, 0.25) is 5.91 Å². The van der Waals surface area contributed by atoms with Crippen LogP contribution in [0.15, 0.2) is 30.3 Å². The van der Waals surface area contributed by atoms with E-state index in [4.69, 9.17) is 5.73 Å². The molecule has 0 radical (unpaired) electrons. The molecule has 1 aromatic heterocycles. The number of carbonyl (C=O) groups excluding carboxylic acids is 1. The number of rotatable bonds is 6. The fourth-order valence-corrected chi connectivity index (χ4v) is 2.15. The lowest BCUT2D eigenvalue weighted by Gasteiger charge is -2.15. The molecule has 0 aliphatic heterocycles. The molecule has 0 aliphatic carbocycles. The zero-order chi connectivity index (χ0) is 15.2. The van der Waals surface area contributed by atoms with Crippen LogP contribution < -0.4 is 16.0 Å². The predicted molar refractivity (Wildman–Crippen MR) is 101 cm³/mol. The van der Waals surface area contributed by atoms with Crippen molar-refractivity contribution in [1.82, 2.24) is 10.3 Å². The van der Waals surface area contributed by atoms with E-state index >= 15 is 0 Å². The van der Waals surface area contributed by atoms with Gasteiger partial charge in [-0.2, -0.15) is 0 Å². The minimum absolute atomic E-state index is 0. The van der Waals surface area contributed by atoms with Gasteiger partial charge in [-0.1, -0.05) is 18.2 Å². The molecule has 128 valence electrons. The number of pyridine rings is 1. The quantitative estimate of drug-likeness (QED) is 0.831. The molecule has 2 rings (SSSR count). The summed E-state index contributed by atoms with van der Waals surface area (Å²) < 4.78 is 0. The third-order valence-electron chi connectivity index (χ3n) is 3.33. The number of anilines is 1. The van der Waals surface area contributed by atoms with Crippen molar-refractivity contribution < 1.29 is 4.79 Å². The van der Waals surface area contributed by atoms with Crippen LogP contribution in [-0.4, -0.2) is 31.5 Å². The van der Waals surface area contributed by atoms with E-state index < -0.39 is 0 Å². The summed E-state index contributed by atoms with van der Waals surface area (Å²) in [5.41, 5.74) is 7.43. The number of hydrogen-bond donors (Lipinski definition) is 2. The highest BCUT2D eigenvalue weighted by Crippen LogP contribution is 2.21. The lowest BCUT2D eigenvalue weighted by Crippen LogP contribution is -2.23. The summed E-state index contributed by atoms with van der Waals surface area (Å²) >= 11 is 0. The Bertz CT molecular complexity index is 635. The Morgan fingerprint density at radius 3 is 2.61 bits per heavy atom. The van der Waals surface area contributed by atoms with Crippen molar-refractivity contribution >= 4 is 47.4 Å². The van der Waals surface area contributed by atoms with Crippen molar-refractivity contribution in [3.05, 3.63) is 35.9 Å². The number of hydrogen-bond acceptors (Lipinski definition) is 4. The molecule has 1 amide bonds. The van der Waals surface area contributed by atoms with E-state index in [0.717, 1.165) is 22.3 Å². The number of halogens is 2. The second-order valence-corrected chi connectivity index (χ2v) is 5.22. The first-order chi connectivity index (χ1) is 10.1. The number of nitrogens with zero attached hydrogens (tertiary/aromatic N) is 2. The van der Waals surface area contributed by atoms with Gasteiger partial charge in [0.05, 0.1) is 5.52 Å². The molecule has 7 heteroatoms. The highest BCUT2D eigenvalue weighted by Gasteiger charge is 2.08. The smallest absolute Gasteiger partial charge is 0.220 e. The van der Waals surface area contributed by atoms with Crippen LogP contribution in [0.4, 0.5) is 5.82 Å². The summed E-state index contributed by atoms with van der Waals surface area (Å²) in [6.45, 7) is 1.05. The average molecular weight is 359 g/mol. The Kier molecular flexibility index (Phi) is 9.56. The number of benzene rings is 1. The van der Waals surface area contributed by atoms with Gasteiger partial charge in [-0.15, -0.1) is 24.8 Å². The van der Waals surface area contributed by atoms with Crippen LogP contribution in [0.3, 0.4) is 0 Å². The van der Waals surface area contributed by atoms with Crippen LogP contribution in [0.5, 0.6) is 0 Å². The zero-order valence-corrected chi connectivity index (χ0v) is 15.0. The molecule has 1 aromatic carbocycles. The molecule has 0 spiro atoms. The topological polar surface area (TPSA) is 71.2 Å². The fourth-order valence-electron chi connectivity index (χ4n) is 2.15. The van der Waals surface area contributed by atoms with Gasteiger partial charge in [-0.3, -0.25) is 4.79 Å². The first-order valence-corrected chi connectivity index (χ1v) is 7.14. The molecule has 5 nitrogen and oxygen atoms in total. The highest BCUT2D eigenvalue weighted by molar-refractivity contribution is 5.86. The van der Waals surface area contributed by atoms with Gasteiger partial charge in [-0.05, 0) is 30.7 Å². The van der Waals surface area contributed by atoms with Gasteiger partial charge in [0.25, 0.3) is 0 Å². The molecule has 23 heavy (non-hydrogen) atoms. The minimum atomic E-state index is 0. The van der Waals surface area contributed by atoms with Gasteiger partial charge in [0.1, 0.15) is 5.82 Å². The molecule has 0 unspecified atom stereocenters. The molecule has 0 saturated carbocycles. The normalized spacial score (nSPS) is 9.70. The van der Waals surface area contributed by atoms with E-state index in [1.54, 1.807) is 0 Å². The molecular weight excluding hydrogens is 335 g/mol. The molecule has 0 aliphatic rings. The summed E-state index contributed by atoms with van der Waals surface area (Å²) in [5.74, 6) is 0.924. The second-order valence-electron chi connectivity index (χ2n) is 5.22. The van der Waals surface area contributed by atoms with E-state index in [9.17, 15) is 4.79 Å². The van der Waals surface area contributed by atoms with Crippen LogP contribution in [-0.2, 0) is 11.3 Å². The first-order valence-electron chi connectivity index (χ1n) is 7.14. The lowest BCUT2D eigenvalue weighted by atomic mass is 10.1. The van der Waals surface area contributed by atoms with Gasteiger partial charge >= 0.3 is 0 Å². The second kappa shape index (κ2) is 10.3. The summed E-state index contributed by atoms with van der Waals surface area (Å²) in [6, 6.07) is 9.99. The Morgan fingerprint density at radius 1 is 1.26 bits per heavy atom. The van der Waals surface area contributed by atoms with Gasteiger partial charge in [0, 0.05) is 32.4 Å². The predicted octanol–water partition coefficient (Wildman–Crippen LogP) is 2.50. The van der Waals surface area contributed by atoms with Crippen molar-refractivity contribution in [1.29, 1.82) is 0 Å². The summed E-state index contributed by atoms with van der Waals surface area (Å²) in [6.07, 6.45) is 1.19. The number of nitrogens with one attached hydrogen (secondary N) is 1. The lowest BCUT2D eigenvalue weighted by molar-refractivity contribution is -0.121. The van der Waals surface area contributed by atoms with Crippen molar-refractivity contribution in [2.24, 2.45) is 5.73 Å². The van der Waals surface area contributed by atoms with Crippen molar-refractivity contribution in [2.75, 3.05) is 25.5 Å². The van der Waals surface area contributed by atoms with E-state index in [1.807, 2.05) is 49.3 Å². The number of carbonyl (C=O) groups is 1. The Labute approximate surface area is 149 Å². The van der Waals surface area contributed by atoms with Crippen molar-refractivity contribution in [3.8, 4) is 0 Å².